The van der Waals surface area contributed by atoms with Gasteiger partial charge in [-0.2, -0.15) is 0 Å². The summed E-state index contributed by atoms with van der Waals surface area (Å²) in [6.45, 7) is 7.52. The zero-order chi connectivity index (χ0) is 16.1. The Labute approximate surface area is 140 Å². The maximum Gasteiger partial charge on any atom is 0.0644 e. The molecule has 22 heavy (non-hydrogen) atoms. The van der Waals surface area contributed by atoms with Crippen LogP contribution in [0, 0.1) is 0 Å². The van der Waals surface area contributed by atoms with Crippen LogP contribution in [0.25, 0.3) is 0 Å². The zero-order valence-corrected chi connectivity index (χ0v) is 15.2. The highest BCUT2D eigenvalue weighted by Crippen LogP contribution is 2.09. The highest BCUT2D eigenvalue weighted by molar-refractivity contribution is 4.81. The van der Waals surface area contributed by atoms with Gasteiger partial charge in [0.05, 0.1) is 6.61 Å². The molecule has 0 amide bonds. The second-order valence-corrected chi connectivity index (χ2v) is 6.30. The summed E-state index contributed by atoms with van der Waals surface area (Å²) < 4.78 is 5.37. The molecule has 0 bridgehead atoms. The van der Waals surface area contributed by atoms with Crippen molar-refractivity contribution in [2.24, 2.45) is 0 Å². The predicted molar refractivity (Wildman–Crippen MR) is 100 cm³/mol. The predicted octanol–water partition coefficient (Wildman–Crippen LogP) is 7.23. The Morgan fingerprint density at radius 2 is 1.18 bits per heavy atom. The molecule has 0 rings (SSSR count). The van der Waals surface area contributed by atoms with E-state index in [-0.39, 0.29) is 0 Å². The topological polar surface area (TPSA) is 9.23 Å². The Morgan fingerprint density at radius 3 is 1.73 bits per heavy atom. The fourth-order valence-corrected chi connectivity index (χ4v) is 2.62. The van der Waals surface area contributed by atoms with Gasteiger partial charge >= 0.3 is 0 Å². The highest BCUT2D eigenvalue weighted by atomic mass is 16.5. The molecule has 0 unspecified atom stereocenters. The maximum atomic E-state index is 5.37. The lowest BCUT2D eigenvalue weighted by Crippen LogP contribution is -1.93. The van der Waals surface area contributed by atoms with Gasteiger partial charge in [0, 0.05) is 6.61 Å². The summed E-state index contributed by atoms with van der Waals surface area (Å²) >= 11 is 0. The molecule has 0 saturated heterocycles. The summed E-state index contributed by atoms with van der Waals surface area (Å²) in [5.74, 6) is 0. The van der Waals surface area contributed by atoms with E-state index in [2.05, 4.69) is 25.7 Å². The third-order valence-electron chi connectivity index (χ3n) is 4.04. The molecule has 0 saturated carbocycles. The van der Waals surface area contributed by atoms with Crippen molar-refractivity contribution in [3.63, 3.8) is 0 Å². The van der Waals surface area contributed by atoms with Gasteiger partial charge in [0.15, 0.2) is 0 Å². The lowest BCUT2D eigenvalue weighted by atomic mass is 10.1. The van der Waals surface area contributed by atoms with Crippen LogP contribution in [0.3, 0.4) is 0 Å². The third-order valence-corrected chi connectivity index (χ3v) is 4.04. The van der Waals surface area contributed by atoms with E-state index in [0.29, 0.717) is 6.61 Å². The zero-order valence-electron chi connectivity index (χ0n) is 15.2. The first kappa shape index (κ1) is 21.4. The molecule has 0 aliphatic heterocycles. The SMILES string of the molecule is C=CCOCCCCCCCC/C=C\CCCCCCCC. The average molecular weight is 309 g/mol. The van der Waals surface area contributed by atoms with Crippen molar-refractivity contribution in [3.05, 3.63) is 24.8 Å². The minimum absolute atomic E-state index is 0.699. The maximum absolute atomic E-state index is 5.37. The molecule has 0 atom stereocenters. The Kier molecular flexibility index (Phi) is 19.9. The van der Waals surface area contributed by atoms with Crippen molar-refractivity contribution < 1.29 is 4.74 Å². The molecule has 0 fully saturated rings. The number of ether oxygens (including phenoxy) is 1. The smallest absolute Gasteiger partial charge is 0.0644 e. The number of hydrogen-bond acceptors (Lipinski definition) is 1. The van der Waals surface area contributed by atoms with Crippen LogP contribution in [0.5, 0.6) is 0 Å². The monoisotopic (exact) mass is 308 g/mol. The van der Waals surface area contributed by atoms with E-state index in [9.17, 15) is 0 Å². The minimum atomic E-state index is 0.699. The average Bonchev–Trinajstić information content (AvgIpc) is 2.54. The summed E-state index contributed by atoms with van der Waals surface area (Å²) in [4.78, 5) is 0. The van der Waals surface area contributed by atoms with E-state index in [1.165, 1.54) is 89.9 Å². The number of unbranched alkanes of at least 4 members (excludes halogenated alkanes) is 12. The van der Waals surface area contributed by atoms with E-state index in [1.54, 1.807) is 0 Å². The van der Waals surface area contributed by atoms with E-state index >= 15 is 0 Å². The van der Waals surface area contributed by atoms with Gasteiger partial charge in [0.25, 0.3) is 0 Å². The molecule has 0 radical (unpaired) electrons. The van der Waals surface area contributed by atoms with Gasteiger partial charge in [-0.1, -0.05) is 82.9 Å². The lowest BCUT2D eigenvalue weighted by molar-refractivity contribution is 0.157. The van der Waals surface area contributed by atoms with Crippen LogP contribution in [0.4, 0.5) is 0 Å². The molecule has 0 spiro atoms. The summed E-state index contributed by atoms with van der Waals surface area (Å²) in [7, 11) is 0. The lowest BCUT2D eigenvalue weighted by Gasteiger charge is -2.02. The van der Waals surface area contributed by atoms with Gasteiger partial charge < -0.3 is 4.74 Å². The number of rotatable bonds is 18. The Balaban J connectivity index is 3.03. The summed E-state index contributed by atoms with van der Waals surface area (Å²) in [6.07, 6.45) is 25.6. The molecule has 1 heteroatoms. The molecule has 0 aromatic heterocycles. The fourth-order valence-electron chi connectivity index (χ4n) is 2.62. The van der Waals surface area contributed by atoms with Crippen molar-refractivity contribution in [3.8, 4) is 0 Å². The van der Waals surface area contributed by atoms with Crippen LogP contribution in [0.15, 0.2) is 24.8 Å². The fraction of sp³-hybridized carbons (Fsp3) is 0.810. The summed E-state index contributed by atoms with van der Waals surface area (Å²) in [5, 5.41) is 0. The van der Waals surface area contributed by atoms with Crippen molar-refractivity contribution in [2.75, 3.05) is 13.2 Å². The molecule has 0 aromatic rings. The van der Waals surface area contributed by atoms with Crippen molar-refractivity contribution >= 4 is 0 Å². The van der Waals surface area contributed by atoms with E-state index in [1.807, 2.05) is 6.08 Å². The molecule has 1 nitrogen and oxygen atoms in total. The van der Waals surface area contributed by atoms with Gasteiger partial charge in [0.1, 0.15) is 0 Å². The van der Waals surface area contributed by atoms with Crippen LogP contribution >= 0.6 is 0 Å². The quantitative estimate of drug-likeness (QED) is 0.192. The van der Waals surface area contributed by atoms with Gasteiger partial charge in [0.2, 0.25) is 0 Å². The van der Waals surface area contributed by atoms with Crippen LogP contribution in [-0.2, 0) is 4.74 Å². The molecular formula is C21H40O. The van der Waals surface area contributed by atoms with E-state index in [4.69, 9.17) is 4.74 Å². The van der Waals surface area contributed by atoms with Crippen LogP contribution in [0.1, 0.15) is 96.8 Å². The number of allylic oxidation sites excluding steroid dienone is 2. The molecule has 0 N–H and O–H groups in total. The van der Waals surface area contributed by atoms with Crippen molar-refractivity contribution in [2.45, 2.75) is 96.8 Å². The Bertz CT molecular complexity index is 232. The van der Waals surface area contributed by atoms with Gasteiger partial charge in [-0.3, -0.25) is 0 Å². The summed E-state index contributed by atoms with van der Waals surface area (Å²) in [6, 6.07) is 0. The second-order valence-electron chi connectivity index (χ2n) is 6.30. The Morgan fingerprint density at radius 1 is 0.682 bits per heavy atom. The van der Waals surface area contributed by atoms with Gasteiger partial charge in [-0.15, -0.1) is 6.58 Å². The third kappa shape index (κ3) is 19.4. The standard InChI is InChI=1S/C21H40O/c1-3-5-6-7-8-9-10-11-12-13-14-15-16-17-18-19-21-22-20-4-2/h4,11-12H,2-3,5-10,13-21H2,1H3/b12-11-. The van der Waals surface area contributed by atoms with Crippen LogP contribution in [-0.4, -0.2) is 13.2 Å². The molecule has 0 aliphatic carbocycles. The number of hydrogen-bond donors (Lipinski definition) is 0. The molecule has 0 aromatic carbocycles. The normalized spacial score (nSPS) is 11.3. The largest absolute Gasteiger partial charge is 0.377 e. The van der Waals surface area contributed by atoms with Crippen LogP contribution in [0.2, 0.25) is 0 Å². The van der Waals surface area contributed by atoms with Gasteiger partial charge in [-0.05, 0) is 32.1 Å². The highest BCUT2D eigenvalue weighted by Gasteiger charge is 1.91. The molecule has 0 aliphatic rings. The Hall–Kier alpha value is -0.560. The second kappa shape index (κ2) is 20.4. The van der Waals surface area contributed by atoms with Gasteiger partial charge in [-0.25, -0.2) is 0 Å². The van der Waals surface area contributed by atoms with Crippen molar-refractivity contribution in [1.82, 2.24) is 0 Å². The van der Waals surface area contributed by atoms with E-state index in [0.717, 1.165) is 6.61 Å². The molecular weight excluding hydrogens is 268 g/mol. The van der Waals surface area contributed by atoms with E-state index < -0.39 is 0 Å². The summed E-state index contributed by atoms with van der Waals surface area (Å²) in [5.41, 5.74) is 0. The molecule has 130 valence electrons. The van der Waals surface area contributed by atoms with Crippen molar-refractivity contribution in [1.29, 1.82) is 0 Å². The minimum Gasteiger partial charge on any atom is -0.377 e. The molecule has 0 heterocycles. The first-order chi connectivity index (χ1) is 10.9. The first-order valence-corrected chi connectivity index (χ1v) is 9.75. The first-order valence-electron chi connectivity index (χ1n) is 9.75. The van der Waals surface area contributed by atoms with Crippen LogP contribution < -0.4 is 0 Å².